The summed E-state index contributed by atoms with van der Waals surface area (Å²) in [5, 5.41) is 12.3. The van der Waals surface area contributed by atoms with Gasteiger partial charge in [0, 0.05) is 26.1 Å². The van der Waals surface area contributed by atoms with E-state index < -0.39 is 0 Å². The van der Waals surface area contributed by atoms with Crippen LogP contribution in [-0.4, -0.2) is 48.7 Å². The molecule has 4 heteroatoms. The van der Waals surface area contributed by atoms with Crippen molar-refractivity contribution in [2.75, 3.05) is 26.7 Å². The third-order valence-corrected chi connectivity index (χ3v) is 2.34. The first-order valence-corrected chi connectivity index (χ1v) is 4.84. The molecule has 1 atom stereocenters. The molecule has 1 unspecified atom stereocenters. The van der Waals surface area contributed by atoms with Crippen LogP contribution in [0.25, 0.3) is 0 Å². The first-order valence-electron chi connectivity index (χ1n) is 4.84. The summed E-state index contributed by atoms with van der Waals surface area (Å²) in [5.74, 6) is 0.146. The van der Waals surface area contributed by atoms with E-state index in [2.05, 4.69) is 5.32 Å². The molecule has 0 spiro atoms. The summed E-state index contributed by atoms with van der Waals surface area (Å²) in [6.07, 6.45) is 1.97. The van der Waals surface area contributed by atoms with Gasteiger partial charge in [-0.15, -0.1) is 0 Å². The molecule has 1 amide bonds. The predicted molar refractivity (Wildman–Crippen MR) is 50.4 cm³/mol. The fraction of sp³-hybridized carbons (Fsp3) is 0.889. The van der Waals surface area contributed by atoms with E-state index in [1.807, 2.05) is 7.05 Å². The van der Waals surface area contributed by atoms with Crippen molar-refractivity contribution in [3.05, 3.63) is 0 Å². The second kappa shape index (κ2) is 5.19. The third kappa shape index (κ3) is 3.32. The molecule has 0 aromatic rings. The lowest BCUT2D eigenvalue weighted by Crippen LogP contribution is -2.42. The van der Waals surface area contributed by atoms with Crippen LogP contribution in [0.2, 0.25) is 0 Å². The lowest BCUT2D eigenvalue weighted by molar-refractivity contribution is -0.134. The number of carbonyl (C=O) groups excluding carboxylic acids is 1. The zero-order chi connectivity index (χ0) is 9.68. The molecule has 1 aliphatic heterocycles. The van der Waals surface area contributed by atoms with Crippen molar-refractivity contribution < 1.29 is 9.90 Å². The summed E-state index contributed by atoms with van der Waals surface area (Å²) in [6.45, 7) is 2.04. The van der Waals surface area contributed by atoms with Gasteiger partial charge in [0.2, 0.25) is 5.91 Å². The zero-order valence-electron chi connectivity index (χ0n) is 8.12. The Kier molecular flexibility index (Phi) is 4.18. The third-order valence-electron chi connectivity index (χ3n) is 2.34. The van der Waals surface area contributed by atoms with Crippen LogP contribution in [0.1, 0.15) is 19.3 Å². The van der Waals surface area contributed by atoms with Crippen LogP contribution in [0.4, 0.5) is 0 Å². The monoisotopic (exact) mass is 186 g/mol. The number of hydrogen-bond donors (Lipinski definition) is 2. The molecule has 0 aromatic carbocycles. The summed E-state index contributed by atoms with van der Waals surface area (Å²) >= 11 is 0. The molecule has 1 fully saturated rings. The SMILES string of the molecule is CNCCC(=O)N1CCCC(O)C1. The number of aliphatic hydroxyl groups excluding tert-OH is 1. The molecule has 76 valence electrons. The summed E-state index contributed by atoms with van der Waals surface area (Å²) in [7, 11) is 1.83. The number of nitrogens with one attached hydrogen (secondary N) is 1. The molecule has 0 saturated carbocycles. The van der Waals surface area contributed by atoms with Crippen molar-refractivity contribution in [1.29, 1.82) is 0 Å². The number of hydrogen-bond acceptors (Lipinski definition) is 3. The van der Waals surface area contributed by atoms with E-state index in [4.69, 9.17) is 0 Å². The van der Waals surface area contributed by atoms with Crippen LogP contribution in [0.3, 0.4) is 0 Å². The van der Waals surface area contributed by atoms with E-state index >= 15 is 0 Å². The van der Waals surface area contributed by atoms with Gasteiger partial charge in [-0.3, -0.25) is 4.79 Å². The summed E-state index contributed by atoms with van der Waals surface area (Å²) in [4.78, 5) is 13.2. The predicted octanol–water partition coefficient (Wildman–Crippen LogP) is -0.421. The molecule has 0 bridgehead atoms. The lowest BCUT2D eigenvalue weighted by Gasteiger charge is -2.30. The van der Waals surface area contributed by atoms with Gasteiger partial charge in [0.15, 0.2) is 0 Å². The Morgan fingerprint density at radius 2 is 2.46 bits per heavy atom. The fourth-order valence-electron chi connectivity index (χ4n) is 1.57. The van der Waals surface area contributed by atoms with Crippen LogP contribution in [0.5, 0.6) is 0 Å². The van der Waals surface area contributed by atoms with Gasteiger partial charge in [0.05, 0.1) is 6.10 Å². The van der Waals surface area contributed by atoms with Gasteiger partial charge in [0.25, 0.3) is 0 Å². The second-order valence-electron chi connectivity index (χ2n) is 3.49. The maximum atomic E-state index is 11.5. The van der Waals surface area contributed by atoms with Crippen molar-refractivity contribution >= 4 is 5.91 Å². The second-order valence-corrected chi connectivity index (χ2v) is 3.49. The van der Waals surface area contributed by atoms with Crippen LogP contribution in [0, 0.1) is 0 Å². The molecule has 1 saturated heterocycles. The Morgan fingerprint density at radius 3 is 3.08 bits per heavy atom. The van der Waals surface area contributed by atoms with Gasteiger partial charge in [-0.25, -0.2) is 0 Å². The largest absolute Gasteiger partial charge is 0.391 e. The maximum Gasteiger partial charge on any atom is 0.223 e. The molecule has 0 radical (unpaired) electrons. The number of likely N-dealkylation sites (tertiary alicyclic amines) is 1. The van der Waals surface area contributed by atoms with Gasteiger partial charge in [-0.05, 0) is 19.9 Å². The van der Waals surface area contributed by atoms with Gasteiger partial charge in [0.1, 0.15) is 0 Å². The standard InChI is InChI=1S/C9H18N2O2/c1-10-5-4-9(13)11-6-2-3-8(12)7-11/h8,10,12H,2-7H2,1H3. The molecule has 0 aliphatic carbocycles. The van der Waals surface area contributed by atoms with E-state index in [0.29, 0.717) is 19.5 Å². The van der Waals surface area contributed by atoms with Gasteiger partial charge >= 0.3 is 0 Å². The molecule has 1 heterocycles. The molecule has 4 nitrogen and oxygen atoms in total. The molecule has 0 aromatic heterocycles. The Bertz CT molecular complexity index is 173. The smallest absolute Gasteiger partial charge is 0.223 e. The Hall–Kier alpha value is -0.610. The maximum absolute atomic E-state index is 11.5. The average Bonchev–Trinajstić information content (AvgIpc) is 2.14. The Morgan fingerprint density at radius 1 is 1.69 bits per heavy atom. The van der Waals surface area contributed by atoms with E-state index in [9.17, 15) is 9.90 Å². The minimum absolute atomic E-state index is 0.146. The highest BCUT2D eigenvalue weighted by Gasteiger charge is 2.20. The number of piperidine rings is 1. The summed E-state index contributed by atoms with van der Waals surface area (Å²) in [6, 6.07) is 0. The van der Waals surface area contributed by atoms with E-state index in [1.54, 1.807) is 4.90 Å². The van der Waals surface area contributed by atoms with Crippen molar-refractivity contribution in [1.82, 2.24) is 10.2 Å². The van der Waals surface area contributed by atoms with Crippen molar-refractivity contribution in [2.45, 2.75) is 25.4 Å². The Labute approximate surface area is 78.9 Å². The topological polar surface area (TPSA) is 52.6 Å². The minimum atomic E-state index is -0.313. The first kappa shape index (κ1) is 10.5. The highest BCUT2D eigenvalue weighted by Crippen LogP contribution is 2.10. The van der Waals surface area contributed by atoms with Crippen LogP contribution < -0.4 is 5.32 Å². The normalized spacial score (nSPS) is 23.2. The molecule has 1 aliphatic rings. The number of nitrogens with zero attached hydrogens (tertiary/aromatic N) is 1. The van der Waals surface area contributed by atoms with Crippen molar-refractivity contribution in [3.63, 3.8) is 0 Å². The van der Waals surface area contributed by atoms with Gasteiger partial charge in [-0.2, -0.15) is 0 Å². The van der Waals surface area contributed by atoms with Crippen molar-refractivity contribution in [3.8, 4) is 0 Å². The number of aliphatic hydroxyl groups is 1. The highest BCUT2D eigenvalue weighted by molar-refractivity contribution is 5.76. The van der Waals surface area contributed by atoms with Crippen LogP contribution >= 0.6 is 0 Å². The number of amides is 1. The van der Waals surface area contributed by atoms with E-state index in [0.717, 1.165) is 19.4 Å². The van der Waals surface area contributed by atoms with E-state index in [-0.39, 0.29) is 12.0 Å². The summed E-state index contributed by atoms with van der Waals surface area (Å²) in [5.41, 5.74) is 0. The molecule has 2 N–H and O–H groups in total. The average molecular weight is 186 g/mol. The number of carbonyl (C=O) groups is 1. The quantitative estimate of drug-likeness (QED) is 0.629. The van der Waals surface area contributed by atoms with Crippen LogP contribution in [0.15, 0.2) is 0 Å². The molecular weight excluding hydrogens is 168 g/mol. The van der Waals surface area contributed by atoms with Crippen molar-refractivity contribution in [2.24, 2.45) is 0 Å². The van der Waals surface area contributed by atoms with E-state index in [1.165, 1.54) is 0 Å². The first-order chi connectivity index (χ1) is 6.24. The molecule has 1 rings (SSSR count). The number of rotatable bonds is 3. The lowest BCUT2D eigenvalue weighted by atomic mass is 10.1. The zero-order valence-corrected chi connectivity index (χ0v) is 8.12. The highest BCUT2D eigenvalue weighted by atomic mass is 16.3. The minimum Gasteiger partial charge on any atom is -0.391 e. The molecule has 13 heavy (non-hydrogen) atoms. The fourth-order valence-corrected chi connectivity index (χ4v) is 1.57. The van der Waals surface area contributed by atoms with Crippen LogP contribution in [-0.2, 0) is 4.79 Å². The van der Waals surface area contributed by atoms with Gasteiger partial charge in [-0.1, -0.05) is 0 Å². The number of β-amino-alcohol motifs (C(OH)–C–C–N with tert-alkyl or cyclic N) is 1. The Balaban J connectivity index is 2.28. The molecular formula is C9H18N2O2. The summed E-state index contributed by atoms with van der Waals surface area (Å²) < 4.78 is 0. The van der Waals surface area contributed by atoms with Gasteiger partial charge < -0.3 is 15.3 Å².